The van der Waals surface area contributed by atoms with Gasteiger partial charge in [-0.15, -0.1) is 0 Å². The number of carbonyl (C=O) groups excluding carboxylic acids is 1. The highest BCUT2D eigenvalue weighted by molar-refractivity contribution is 7.93. The predicted molar refractivity (Wildman–Crippen MR) is 111 cm³/mol. The summed E-state index contributed by atoms with van der Waals surface area (Å²) in [6.45, 7) is 2.41. The van der Waals surface area contributed by atoms with Crippen molar-refractivity contribution in [3.8, 4) is 0 Å². The van der Waals surface area contributed by atoms with Crippen molar-refractivity contribution in [3.63, 3.8) is 0 Å². The predicted octanol–water partition coefficient (Wildman–Crippen LogP) is 2.76. The molecule has 3 aliphatic rings. The van der Waals surface area contributed by atoms with Crippen LogP contribution in [-0.2, 0) is 21.1 Å². The molecule has 8 heteroatoms. The Balaban J connectivity index is 1.33. The number of likely N-dealkylation sites (tertiary alicyclic amines) is 1. The van der Waals surface area contributed by atoms with E-state index in [1.54, 1.807) is 4.90 Å². The van der Waals surface area contributed by atoms with Crippen LogP contribution in [0.4, 0.5) is 0 Å². The van der Waals surface area contributed by atoms with E-state index in [0.29, 0.717) is 30.5 Å². The first kappa shape index (κ1) is 19.7. The number of hydrogen-bond donors (Lipinski definition) is 0. The van der Waals surface area contributed by atoms with Gasteiger partial charge in [0, 0.05) is 19.0 Å². The van der Waals surface area contributed by atoms with Crippen molar-refractivity contribution in [1.82, 2.24) is 15.0 Å². The highest BCUT2D eigenvalue weighted by atomic mass is 32.2. The molecule has 2 aliphatic heterocycles. The molecule has 1 unspecified atom stereocenters. The SMILES string of the molecule is Cc1ccccc1CC(=O)N1CC2(C1)C(c1nc(C3CCCC3)no1)CCS2(=O)=O. The van der Waals surface area contributed by atoms with Crippen molar-refractivity contribution in [2.75, 3.05) is 18.8 Å². The van der Waals surface area contributed by atoms with Crippen LogP contribution < -0.4 is 0 Å². The van der Waals surface area contributed by atoms with E-state index >= 15 is 0 Å². The molecule has 3 fully saturated rings. The van der Waals surface area contributed by atoms with Gasteiger partial charge in [0.2, 0.25) is 11.8 Å². The van der Waals surface area contributed by atoms with Crippen LogP contribution in [0.25, 0.3) is 0 Å². The van der Waals surface area contributed by atoms with Gasteiger partial charge in [-0.25, -0.2) is 8.42 Å². The number of carbonyl (C=O) groups is 1. The normalized spacial score (nSPS) is 25.0. The standard InChI is InChI=1S/C22H27N3O4S/c1-15-6-2-3-9-17(15)12-19(26)25-13-22(14-25)18(10-11-30(22,27)28)21-23-20(24-29-21)16-7-4-5-8-16/h2-3,6,9,16,18H,4-5,7-8,10-14H2,1H3. The first-order valence-electron chi connectivity index (χ1n) is 10.8. The number of nitrogens with zero attached hydrogens (tertiary/aromatic N) is 3. The average Bonchev–Trinajstić information content (AvgIpc) is 3.40. The molecule has 0 bridgehead atoms. The second kappa shape index (κ2) is 7.18. The lowest BCUT2D eigenvalue weighted by Crippen LogP contribution is -2.67. The van der Waals surface area contributed by atoms with Gasteiger partial charge in [0.25, 0.3) is 0 Å². The van der Waals surface area contributed by atoms with Crippen LogP contribution in [0.1, 0.15) is 66.8 Å². The zero-order chi connectivity index (χ0) is 20.9. The monoisotopic (exact) mass is 429 g/mol. The van der Waals surface area contributed by atoms with E-state index in [1.165, 1.54) is 12.8 Å². The number of hydrogen-bond acceptors (Lipinski definition) is 6. The summed E-state index contributed by atoms with van der Waals surface area (Å²) in [6.07, 6.45) is 5.25. The van der Waals surface area contributed by atoms with Crippen molar-refractivity contribution in [3.05, 3.63) is 47.1 Å². The maximum atomic E-state index is 13.0. The molecular weight excluding hydrogens is 402 g/mol. The maximum absolute atomic E-state index is 13.0. The minimum absolute atomic E-state index is 0.0343. The fraction of sp³-hybridized carbons (Fsp3) is 0.591. The van der Waals surface area contributed by atoms with Gasteiger partial charge in [-0.05, 0) is 37.3 Å². The van der Waals surface area contributed by atoms with Gasteiger partial charge in [0.15, 0.2) is 15.7 Å². The summed E-state index contributed by atoms with van der Waals surface area (Å²) in [7, 11) is -3.33. The Morgan fingerprint density at radius 3 is 2.67 bits per heavy atom. The number of amides is 1. The van der Waals surface area contributed by atoms with Crippen molar-refractivity contribution in [1.29, 1.82) is 0 Å². The molecule has 1 aromatic heterocycles. The highest BCUT2D eigenvalue weighted by Gasteiger charge is 2.64. The average molecular weight is 430 g/mol. The zero-order valence-corrected chi connectivity index (χ0v) is 18.0. The summed E-state index contributed by atoms with van der Waals surface area (Å²) in [4.78, 5) is 19.1. The minimum Gasteiger partial charge on any atom is -0.339 e. The Morgan fingerprint density at radius 2 is 1.93 bits per heavy atom. The summed E-state index contributed by atoms with van der Waals surface area (Å²) < 4.78 is 30.5. The Kier molecular flexibility index (Phi) is 4.72. The zero-order valence-electron chi connectivity index (χ0n) is 17.2. The summed E-state index contributed by atoms with van der Waals surface area (Å²) in [5.74, 6) is 1.22. The quantitative estimate of drug-likeness (QED) is 0.742. The van der Waals surface area contributed by atoms with Crippen LogP contribution >= 0.6 is 0 Å². The van der Waals surface area contributed by atoms with E-state index in [0.717, 1.165) is 24.0 Å². The third-order valence-electron chi connectivity index (χ3n) is 7.28. The molecule has 2 aromatic rings. The van der Waals surface area contributed by atoms with Gasteiger partial charge in [-0.2, -0.15) is 4.98 Å². The van der Waals surface area contributed by atoms with Crippen molar-refractivity contribution >= 4 is 15.7 Å². The number of rotatable bonds is 4. The molecule has 1 aliphatic carbocycles. The topological polar surface area (TPSA) is 93.4 Å². The lowest BCUT2D eigenvalue weighted by atomic mass is 9.82. The third-order valence-corrected chi connectivity index (χ3v) is 9.83. The van der Waals surface area contributed by atoms with Crippen molar-refractivity contribution in [2.24, 2.45) is 0 Å². The molecule has 30 heavy (non-hydrogen) atoms. The minimum atomic E-state index is -3.33. The van der Waals surface area contributed by atoms with Crippen LogP contribution in [0.5, 0.6) is 0 Å². The van der Waals surface area contributed by atoms with Crippen molar-refractivity contribution in [2.45, 2.75) is 62.0 Å². The number of aromatic nitrogens is 2. The van der Waals surface area contributed by atoms with Gasteiger partial charge < -0.3 is 9.42 Å². The first-order chi connectivity index (χ1) is 14.4. The Hall–Kier alpha value is -2.22. The maximum Gasteiger partial charge on any atom is 0.231 e. The summed E-state index contributed by atoms with van der Waals surface area (Å²) in [5.41, 5.74) is 2.05. The molecule has 1 aromatic carbocycles. The van der Waals surface area contributed by atoms with Gasteiger partial charge in [-0.1, -0.05) is 42.3 Å². The van der Waals surface area contributed by atoms with E-state index in [9.17, 15) is 13.2 Å². The Bertz CT molecular complexity index is 1070. The number of aryl methyl sites for hydroxylation is 1. The Morgan fingerprint density at radius 1 is 1.20 bits per heavy atom. The summed E-state index contributed by atoms with van der Waals surface area (Å²) in [5, 5.41) is 4.17. The number of benzene rings is 1. The smallest absolute Gasteiger partial charge is 0.231 e. The molecule has 1 spiro atoms. The largest absolute Gasteiger partial charge is 0.339 e. The van der Waals surface area contributed by atoms with Crippen LogP contribution in [0.2, 0.25) is 0 Å². The van der Waals surface area contributed by atoms with E-state index in [1.807, 2.05) is 31.2 Å². The number of sulfone groups is 1. The van der Waals surface area contributed by atoms with Gasteiger partial charge >= 0.3 is 0 Å². The molecule has 7 nitrogen and oxygen atoms in total. The second-order valence-corrected chi connectivity index (χ2v) is 11.5. The second-order valence-electron chi connectivity index (χ2n) is 9.05. The molecule has 1 saturated carbocycles. The highest BCUT2D eigenvalue weighted by Crippen LogP contribution is 2.50. The fourth-order valence-electron chi connectivity index (χ4n) is 5.32. The molecule has 1 amide bonds. The van der Waals surface area contributed by atoms with Gasteiger partial charge in [0.1, 0.15) is 4.75 Å². The molecule has 0 radical (unpaired) electrons. The van der Waals surface area contributed by atoms with Crippen LogP contribution in [0.15, 0.2) is 28.8 Å². The molecule has 3 heterocycles. The van der Waals surface area contributed by atoms with E-state index in [-0.39, 0.29) is 30.7 Å². The molecule has 1 atom stereocenters. The van der Waals surface area contributed by atoms with E-state index in [2.05, 4.69) is 10.1 Å². The molecule has 0 N–H and O–H groups in total. The third kappa shape index (κ3) is 3.07. The molecule has 2 saturated heterocycles. The lowest BCUT2D eigenvalue weighted by Gasteiger charge is -2.49. The summed E-state index contributed by atoms with van der Waals surface area (Å²) >= 11 is 0. The van der Waals surface area contributed by atoms with Crippen LogP contribution in [0, 0.1) is 6.92 Å². The summed E-state index contributed by atoms with van der Waals surface area (Å²) in [6, 6.07) is 7.79. The molecular formula is C22H27N3O4S. The lowest BCUT2D eigenvalue weighted by molar-refractivity contribution is -0.136. The van der Waals surface area contributed by atoms with Crippen LogP contribution in [-0.4, -0.2) is 53.0 Å². The fourth-order valence-corrected chi connectivity index (χ4v) is 7.63. The van der Waals surface area contributed by atoms with E-state index in [4.69, 9.17) is 4.52 Å². The van der Waals surface area contributed by atoms with Gasteiger partial charge in [0.05, 0.1) is 18.1 Å². The first-order valence-corrected chi connectivity index (χ1v) is 12.4. The van der Waals surface area contributed by atoms with Crippen LogP contribution in [0.3, 0.4) is 0 Å². The molecule has 160 valence electrons. The van der Waals surface area contributed by atoms with E-state index < -0.39 is 14.6 Å². The molecule has 5 rings (SSSR count). The van der Waals surface area contributed by atoms with Gasteiger partial charge in [-0.3, -0.25) is 4.79 Å². The van der Waals surface area contributed by atoms with Crippen molar-refractivity contribution < 1.29 is 17.7 Å². The Labute approximate surface area is 176 Å².